The molecule has 0 atom stereocenters. The predicted molar refractivity (Wildman–Crippen MR) is 48.7 cm³/mol. The smallest absolute Gasteiger partial charge is 0.0874 e. The second-order valence-electron chi connectivity index (χ2n) is 3.26. The van der Waals surface area contributed by atoms with Gasteiger partial charge in [0.1, 0.15) is 0 Å². The molecule has 1 fully saturated rings. The van der Waals surface area contributed by atoms with Gasteiger partial charge in [0.15, 0.2) is 0 Å². The molecule has 0 aromatic heterocycles. The minimum atomic E-state index is 0.347. The maximum absolute atomic E-state index is 8.46. The minimum absolute atomic E-state index is 0.347. The molecule has 1 rings (SSSR count). The van der Waals surface area contributed by atoms with E-state index in [1.807, 2.05) is 4.90 Å². The van der Waals surface area contributed by atoms with Gasteiger partial charge in [0.2, 0.25) is 0 Å². The van der Waals surface area contributed by atoms with E-state index in [9.17, 15) is 0 Å². The zero-order chi connectivity index (χ0) is 9.52. The molecule has 13 heavy (non-hydrogen) atoms. The summed E-state index contributed by atoms with van der Waals surface area (Å²) in [7, 11) is 0. The Balaban J connectivity index is 2.06. The fourth-order valence-electron chi connectivity index (χ4n) is 1.13. The molecule has 0 spiro atoms. The Bertz CT molecular complexity index is 205. The first-order valence-corrected chi connectivity index (χ1v) is 4.56. The van der Waals surface area contributed by atoms with Crippen LogP contribution in [0.1, 0.15) is 12.8 Å². The van der Waals surface area contributed by atoms with Gasteiger partial charge in [-0.1, -0.05) is 0 Å². The summed E-state index contributed by atoms with van der Waals surface area (Å²) in [5, 5.41) is 20.3. The molecule has 4 heteroatoms. The van der Waals surface area contributed by atoms with E-state index in [-0.39, 0.29) is 0 Å². The van der Waals surface area contributed by atoms with Crippen molar-refractivity contribution in [1.82, 2.24) is 10.2 Å². The monoisotopic (exact) mass is 178 g/mol. The van der Waals surface area contributed by atoms with E-state index in [2.05, 4.69) is 17.5 Å². The van der Waals surface area contributed by atoms with Crippen LogP contribution in [-0.2, 0) is 0 Å². The van der Waals surface area contributed by atoms with Gasteiger partial charge in [0.05, 0.1) is 25.2 Å². The predicted octanol–water partition coefficient (Wildman–Crippen LogP) is 0.0876. The topological polar surface area (TPSA) is 62.9 Å². The lowest BCUT2D eigenvalue weighted by atomic mass is 10.4. The molecular weight excluding hydrogens is 164 g/mol. The molecule has 1 aliphatic rings. The molecule has 0 heterocycles. The molecule has 0 radical (unpaired) electrons. The van der Waals surface area contributed by atoms with E-state index in [0.29, 0.717) is 19.1 Å². The van der Waals surface area contributed by atoms with Crippen molar-refractivity contribution in [3.63, 3.8) is 0 Å². The van der Waals surface area contributed by atoms with Crippen LogP contribution in [0.4, 0.5) is 0 Å². The highest BCUT2D eigenvalue weighted by molar-refractivity contribution is 4.85. The summed E-state index contributed by atoms with van der Waals surface area (Å²) in [4.78, 5) is 1.84. The van der Waals surface area contributed by atoms with Crippen LogP contribution >= 0.6 is 0 Å². The standard InChI is InChI=1S/C9H14N4/c10-3-6-13(7-4-11)8-5-12-9-1-2-9/h9,12H,1-2,5-8H2. The maximum Gasteiger partial charge on any atom is 0.0874 e. The quantitative estimate of drug-likeness (QED) is 0.585. The van der Waals surface area contributed by atoms with Crippen LogP contribution < -0.4 is 5.32 Å². The Morgan fingerprint density at radius 1 is 1.23 bits per heavy atom. The van der Waals surface area contributed by atoms with Crippen molar-refractivity contribution in [2.75, 3.05) is 26.2 Å². The zero-order valence-corrected chi connectivity index (χ0v) is 7.66. The first-order chi connectivity index (χ1) is 6.36. The van der Waals surface area contributed by atoms with Gasteiger partial charge < -0.3 is 5.32 Å². The Kier molecular flexibility index (Phi) is 4.25. The van der Waals surface area contributed by atoms with Crippen LogP contribution in [0, 0.1) is 22.7 Å². The fraction of sp³-hybridized carbons (Fsp3) is 0.778. The number of nitrogens with zero attached hydrogens (tertiary/aromatic N) is 3. The number of nitriles is 2. The Hall–Kier alpha value is -1.10. The molecule has 1 saturated carbocycles. The average molecular weight is 178 g/mol. The summed E-state index contributed by atoms with van der Waals surface area (Å²) in [5.74, 6) is 0. The van der Waals surface area contributed by atoms with Crippen molar-refractivity contribution in [3.05, 3.63) is 0 Å². The van der Waals surface area contributed by atoms with E-state index in [1.165, 1.54) is 12.8 Å². The SMILES string of the molecule is N#CCN(CC#N)CCNC1CC1. The number of nitrogens with one attached hydrogen (secondary N) is 1. The molecule has 4 nitrogen and oxygen atoms in total. The Morgan fingerprint density at radius 3 is 2.31 bits per heavy atom. The summed E-state index contributed by atoms with van der Waals surface area (Å²) < 4.78 is 0. The second-order valence-corrected chi connectivity index (χ2v) is 3.26. The molecule has 0 bridgehead atoms. The molecule has 0 aromatic carbocycles. The highest BCUT2D eigenvalue weighted by Gasteiger charge is 2.19. The summed E-state index contributed by atoms with van der Waals surface area (Å²) in [6.07, 6.45) is 2.55. The summed E-state index contributed by atoms with van der Waals surface area (Å²) in [5.41, 5.74) is 0. The first kappa shape index (κ1) is 9.98. The fourth-order valence-corrected chi connectivity index (χ4v) is 1.13. The third-order valence-electron chi connectivity index (χ3n) is 2.03. The van der Waals surface area contributed by atoms with E-state index in [1.54, 1.807) is 0 Å². The highest BCUT2D eigenvalue weighted by Crippen LogP contribution is 2.17. The summed E-state index contributed by atoms with van der Waals surface area (Å²) in [6.45, 7) is 2.37. The lowest BCUT2D eigenvalue weighted by Gasteiger charge is -2.14. The zero-order valence-electron chi connectivity index (χ0n) is 7.66. The first-order valence-electron chi connectivity index (χ1n) is 4.56. The van der Waals surface area contributed by atoms with Gasteiger partial charge in [0, 0.05) is 19.1 Å². The molecular formula is C9H14N4. The van der Waals surface area contributed by atoms with Gasteiger partial charge in [0.25, 0.3) is 0 Å². The third-order valence-corrected chi connectivity index (χ3v) is 2.03. The van der Waals surface area contributed by atoms with Gasteiger partial charge in [-0.15, -0.1) is 0 Å². The largest absolute Gasteiger partial charge is 0.313 e. The van der Waals surface area contributed by atoms with Gasteiger partial charge in [-0.05, 0) is 12.8 Å². The number of hydrogen-bond donors (Lipinski definition) is 1. The third kappa shape index (κ3) is 4.47. The molecule has 1 aliphatic carbocycles. The molecule has 0 amide bonds. The summed E-state index contributed by atoms with van der Waals surface area (Å²) >= 11 is 0. The lowest BCUT2D eigenvalue weighted by Crippen LogP contribution is -2.33. The number of hydrogen-bond acceptors (Lipinski definition) is 4. The van der Waals surface area contributed by atoms with Crippen LogP contribution in [0.25, 0.3) is 0 Å². The van der Waals surface area contributed by atoms with Crippen molar-refractivity contribution in [2.45, 2.75) is 18.9 Å². The molecule has 0 saturated heterocycles. The molecule has 0 unspecified atom stereocenters. The highest BCUT2D eigenvalue weighted by atomic mass is 15.1. The number of rotatable bonds is 6. The van der Waals surface area contributed by atoms with Crippen LogP contribution in [0.15, 0.2) is 0 Å². The lowest BCUT2D eigenvalue weighted by molar-refractivity contribution is 0.338. The van der Waals surface area contributed by atoms with E-state index in [4.69, 9.17) is 10.5 Å². The van der Waals surface area contributed by atoms with Crippen LogP contribution in [-0.4, -0.2) is 37.1 Å². The molecule has 70 valence electrons. The average Bonchev–Trinajstić information content (AvgIpc) is 2.89. The molecule has 0 aromatic rings. The van der Waals surface area contributed by atoms with Gasteiger partial charge in [-0.2, -0.15) is 10.5 Å². The van der Waals surface area contributed by atoms with Crippen molar-refractivity contribution in [2.24, 2.45) is 0 Å². The summed E-state index contributed by atoms with van der Waals surface area (Å²) in [6, 6.07) is 4.81. The van der Waals surface area contributed by atoms with Gasteiger partial charge >= 0.3 is 0 Å². The van der Waals surface area contributed by atoms with Crippen molar-refractivity contribution >= 4 is 0 Å². The van der Waals surface area contributed by atoms with Gasteiger partial charge in [-0.25, -0.2) is 0 Å². The Labute approximate surface area is 78.7 Å². The van der Waals surface area contributed by atoms with Gasteiger partial charge in [-0.3, -0.25) is 4.90 Å². The Morgan fingerprint density at radius 2 is 1.85 bits per heavy atom. The van der Waals surface area contributed by atoms with Crippen molar-refractivity contribution in [1.29, 1.82) is 10.5 Å². The van der Waals surface area contributed by atoms with E-state index >= 15 is 0 Å². The van der Waals surface area contributed by atoms with E-state index < -0.39 is 0 Å². The maximum atomic E-state index is 8.46. The minimum Gasteiger partial charge on any atom is -0.313 e. The molecule has 0 aliphatic heterocycles. The van der Waals surface area contributed by atoms with Crippen molar-refractivity contribution < 1.29 is 0 Å². The van der Waals surface area contributed by atoms with Crippen molar-refractivity contribution in [3.8, 4) is 12.1 Å². The van der Waals surface area contributed by atoms with Crippen LogP contribution in [0.3, 0.4) is 0 Å². The van der Waals surface area contributed by atoms with Crippen LogP contribution in [0.2, 0.25) is 0 Å². The normalized spacial score (nSPS) is 15.3. The van der Waals surface area contributed by atoms with Crippen LogP contribution in [0.5, 0.6) is 0 Å². The van der Waals surface area contributed by atoms with E-state index in [0.717, 1.165) is 13.1 Å². The second kappa shape index (κ2) is 5.53. The molecule has 1 N–H and O–H groups in total.